The lowest BCUT2D eigenvalue weighted by Gasteiger charge is -2.30. The van der Waals surface area contributed by atoms with Crippen LogP contribution >= 0.6 is 0 Å². The van der Waals surface area contributed by atoms with E-state index < -0.39 is 0 Å². The highest BCUT2D eigenvalue weighted by molar-refractivity contribution is 5.51. The van der Waals surface area contributed by atoms with E-state index in [1.165, 1.54) is 11.1 Å². The van der Waals surface area contributed by atoms with E-state index in [0.29, 0.717) is 12.1 Å². The number of aryl methyl sites for hydroxylation is 1. The molecule has 6 heteroatoms. The average Bonchev–Trinajstić information content (AvgIpc) is 2.93. The largest absolute Gasteiger partial charge is 0.493 e. The summed E-state index contributed by atoms with van der Waals surface area (Å²) in [5.41, 5.74) is 4.06. The van der Waals surface area contributed by atoms with Crippen LogP contribution < -0.4 is 9.47 Å². The number of nitrogens with zero attached hydrogens (tertiary/aromatic N) is 4. The summed E-state index contributed by atoms with van der Waals surface area (Å²) in [6.45, 7) is 2.45. The summed E-state index contributed by atoms with van der Waals surface area (Å²) < 4.78 is 12.7. The molecule has 0 atom stereocenters. The van der Waals surface area contributed by atoms with Gasteiger partial charge in [0.1, 0.15) is 6.07 Å². The lowest BCUT2D eigenvalue weighted by Crippen LogP contribution is -2.31. The minimum absolute atomic E-state index is 0.644. The first-order valence-corrected chi connectivity index (χ1v) is 7.54. The van der Waals surface area contributed by atoms with Gasteiger partial charge in [-0.2, -0.15) is 10.4 Å². The van der Waals surface area contributed by atoms with Crippen LogP contribution in [0.3, 0.4) is 0 Å². The van der Waals surface area contributed by atoms with E-state index in [9.17, 15) is 5.26 Å². The topological polar surface area (TPSA) is 63.3 Å². The van der Waals surface area contributed by atoms with Gasteiger partial charge in [-0.25, -0.2) is 0 Å². The molecule has 0 aliphatic carbocycles. The predicted molar refractivity (Wildman–Crippen MR) is 85.3 cm³/mol. The second-order valence-corrected chi connectivity index (χ2v) is 5.64. The molecule has 0 N–H and O–H groups in total. The van der Waals surface area contributed by atoms with Gasteiger partial charge in [0.05, 0.1) is 31.7 Å². The van der Waals surface area contributed by atoms with Gasteiger partial charge in [-0.1, -0.05) is 6.07 Å². The SMILES string of the molecule is COc1ccc2c(c1OC)CCN(Cc1c(C#N)cnn1C)C2. The highest BCUT2D eigenvalue weighted by atomic mass is 16.5. The molecule has 0 saturated heterocycles. The van der Waals surface area contributed by atoms with E-state index in [0.717, 1.165) is 36.7 Å². The third kappa shape index (κ3) is 2.76. The maximum atomic E-state index is 9.19. The maximum absolute atomic E-state index is 9.19. The van der Waals surface area contributed by atoms with Crippen molar-refractivity contribution in [2.45, 2.75) is 19.5 Å². The fourth-order valence-electron chi connectivity index (χ4n) is 3.13. The number of methoxy groups -OCH3 is 2. The van der Waals surface area contributed by atoms with E-state index >= 15 is 0 Å². The van der Waals surface area contributed by atoms with E-state index in [4.69, 9.17) is 9.47 Å². The Morgan fingerprint density at radius 1 is 1.30 bits per heavy atom. The number of fused-ring (bicyclic) bond motifs is 1. The molecule has 2 aromatic rings. The van der Waals surface area contributed by atoms with Crippen molar-refractivity contribution in [2.24, 2.45) is 7.05 Å². The standard InChI is InChI=1S/C17H20N4O2/c1-20-15(13(8-18)9-19-20)11-21-7-6-14-12(10-21)4-5-16(22-2)17(14)23-3/h4-5,9H,6-7,10-11H2,1-3H3. The second kappa shape index (κ2) is 6.31. The Morgan fingerprint density at radius 2 is 2.13 bits per heavy atom. The number of hydrogen-bond donors (Lipinski definition) is 0. The Kier molecular flexibility index (Phi) is 4.22. The van der Waals surface area contributed by atoms with Crippen molar-refractivity contribution < 1.29 is 9.47 Å². The molecule has 0 fully saturated rings. The van der Waals surface area contributed by atoms with Crippen LogP contribution in [0.1, 0.15) is 22.4 Å². The Hall–Kier alpha value is -2.52. The van der Waals surface area contributed by atoms with Crippen LogP contribution in [0.4, 0.5) is 0 Å². The van der Waals surface area contributed by atoms with Gasteiger partial charge < -0.3 is 9.47 Å². The summed E-state index contributed by atoms with van der Waals surface area (Å²) in [6.07, 6.45) is 2.52. The van der Waals surface area contributed by atoms with Crippen LogP contribution in [0.5, 0.6) is 11.5 Å². The molecule has 6 nitrogen and oxygen atoms in total. The number of rotatable bonds is 4. The van der Waals surface area contributed by atoms with E-state index in [1.54, 1.807) is 25.1 Å². The molecule has 0 radical (unpaired) electrons. The molecular weight excluding hydrogens is 292 g/mol. The highest BCUT2D eigenvalue weighted by Crippen LogP contribution is 2.36. The number of hydrogen-bond acceptors (Lipinski definition) is 5. The van der Waals surface area contributed by atoms with Crippen LogP contribution in [0, 0.1) is 11.3 Å². The minimum Gasteiger partial charge on any atom is -0.493 e. The summed E-state index contributed by atoms with van der Waals surface area (Å²) in [6, 6.07) is 6.26. The quantitative estimate of drug-likeness (QED) is 0.862. The van der Waals surface area contributed by atoms with Crippen molar-refractivity contribution >= 4 is 0 Å². The fourth-order valence-corrected chi connectivity index (χ4v) is 3.13. The molecule has 120 valence electrons. The Bertz CT molecular complexity index is 761. The molecular formula is C17H20N4O2. The van der Waals surface area contributed by atoms with Crippen LogP contribution in [0.15, 0.2) is 18.3 Å². The Balaban J connectivity index is 1.84. The normalized spacial score (nSPS) is 14.2. The first kappa shape index (κ1) is 15.4. The zero-order valence-electron chi connectivity index (χ0n) is 13.7. The highest BCUT2D eigenvalue weighted by Gasteiger charge is 2.23. The van der Waals surface area contributed by atoms with Crippen molar-refractivity contribution in [1.29, 1.82) is 5.26 Å². The molecule has 0 saturated carbocycles. The molecule has 1 aliphatic rings. The number of aromatic nitrogens is 2. The average molecular weight is 312 g/mol. The number of nitriles is 1. The van der Waals surface area contributed by atoms with Gasteiger partial charge in [0.15, 0.2) is 11.5 Å². The molecule has 23 heavy (non-hydrogen) atoms. The number of benzene rings is 1. The summed E-state index contributed by atoms with van der Waals surface area (Å²) >= 11 is 0. The first-order chi connectivity index (χ1) is 11.2. The fraction of sp³-hybridized carbons (Fsp3) is 0.412. The van der Waals surface area contributed by atoms with E-state index in [1.807, 2.05) is 13.1 Å². The predicted octanol–water partition coefficient (Wildman–Crippen LogP) is 1.87. The van der Waals surface area contributed by atoms with Gasteiger partial charge in [0.2, 0.25) is 0 Å². The molecule has 2 heterocycles. The Morgan fingerprint density at radius 3 is 2.83 bits per heavy atom. The zero-order chi connectivity index (χ0) is 16.4. The maximum Gasteiger partial charge on any atom is 0.164 e. The lowest BCUT2D eigenvalue weighted by atomic mass is 9.97. The molecule has 0 unspecified atom stereocenters. The van der Waals surface area contributed by atoms with E-state index in [-0.39, 0.29) is 0 Å². The second-order valence-electron chi connectivity index (χ2n) is 5.64. The summed E-state index contributed by atoms with van der Waals surface area (Å²) in [7, 11) is 5.21. The molecule has 1 aliphatic heterocycles. The van der Waals surface area contributed by atoms with Crippen molar-refractivity contribution in [3.63, 3.8) is 0 Å². The van der Waals surface area contributed by atoms with Crippen LogP contribution in [-0.4, -0.2) is 35.4 Å². The molecule has 0 amide bonds. The smallest absolute Gasteiger partial charge is 0.164 e. The van der Waals surface area contributed by atoms with Gasteiger partial charge in [-0.15, -0.1) is 0 Å². The van der Waals surface area contributed by atoms with Crippen LogP contribution in [0.2, 0.25) is 0 Å². The summed E-state index contributed by atoms with van der Waals surface area (Å²) in [5, 5.41) is 13.4. The van der Waals surface area contributed by atoms with Gasteiger partial charge in [-0.3, -0.25) is 9.58 Å². The molecule has 1 aromatic heterocycles. The van der Waals surface area contributed by atoms with Crippen molar-refractivity contribution in [3.05, 3.63) is 40.7 Å². The van der Waals surface area contributed by atoms with Crippen molar-refractivity contribution in [2.75, 3.05) is 20.8 Å². The zero-order valence-corrected chi connectivity index (χ0v) is 13.7. The van der Waals surface area contributed by atoms with Gasteiger partial charge >= 0.3 is 0 Å². The number of ether oxygens (including phenoxy) is 2. The van der Waals surface area contributed by atoms with Gasteiger partial charge in [0.25, 0.3) is 0 Å². The van der Waals surface area contributed by atoms with Crippen LogP contribution in [0.25, 0.3) is 0 Å². The van der Waals surface area contributed by atoms with Gasteiger partial charge in [0, 0.05) is 32.2 Å². The van der Waals surface area contributed by atoms with Crippen LogP contribution in [-0.2, 0) is 26.6 Å². The molecule has 1 aromatic carbocycles. The van der Waals surface area contributed by atoms with E-state index in [2.05, 4.69) is 22.1 Å². The van der Waals surface area contributed by atoms with Gasteiger partial charge in [-0.05, 0) is 18.1 Å². The third-order valence-electron chi connectivity index (χ3n) is 4.37. The molecule has 0 bridgehead atoms. The minimum atomic E-state index is 0.644. The summed E-state index contributed by atoms with van der Waals surface area (Å²) in [4.78, 5) is 2.33. The summed E-state index contributed by atoms with van der Waals surface area (Å²) in [5.74, 6) is 1.61. The molecule has 3 rings (SSSR count). The molecule has 0 spiro atoms. The van der Waals surface area contributed by atoms with Crippen molar-refractivity contribution in [3.8, 4) is 17.6 Å². The monoisotopic (exact) mass is 312 g/mol. The Labute approximate surface area is 135 Å². The first-order valence-electron chi connectivity index (χ1n) is 7.54. The van der Waals surface area contributed by atoms with Crippen molar-refractivity contribution in [1.82, 2.24) is 14.7 Å². The lowest BCUT2D eigenvalue weighted by molar-refractivity contribution is 0.235. The third-order valence-corrected chi connectivity index (χ3v) is 4.37.